The summed E-state index contributed by atoms with van der Waals surface area (Å²) in [5, 5.41) is 7.78. The molecular formula is C21H24ClN5O. The lowest BCUT2D eigenvalue weighted by Crippen LogP contribution is -2.26. The van der Waals surface area contributed by atoms with Gasteiger partial charge in [0.25, 0.3) is 5.91 Å². The fraction of sp³-hybridized carbons (Fsp3) is 0.286. The smallest absolute Gasteiger partial charge is 0.289 e. The molecule has 0 saturated heterocycles. The Balaban J connectivity index is 1.82. The third-order valence-electron chi connectivity index (χ3n) is 4.27. The molecule has 0 aliphatic heterocycles. The zero-order valence-electron chi connectivity index (χ0n) is 16.3. The first-order valence-electron chi connectivity index (χ1n) is 9.12. The number of benzene rings is 2. The number of aryl methyl sites for hydroxylation is 1. The minimum atomic E-state index is -0.312. The largest absolute Gasteiger partial charge is 0.368 e. The summed E-state index contributed by atoms with van der Waals surface area (Å²) in [4.78, 5) is 23.7. The van der Waals surface area contributed by atoms with Gasteiger partial charge in [-0.1, -0.05) is 35.4 Å². The van der Waals surface area contributed by atoms with Gasteiger partial charge in [-0.15, -0.1) is 0 Å². The summed E-state index contributed by atoms with van der Waals surface area (Å²) in [6, 6.07) is 13.3. The van der Waals surface area contributed by atoms with Crippen molar-refractivity contribution in [2.45, 2.75) is 13.5 Å². The molecule has 3 rings (SSSR count). The van der Waals surface area contributed by atoms with Crippen molar-refractivity contribution in [3.8, 4) is 0 Å². The highest BCUT2D eigenvalue weighted by Gasteiger charge is 2.14. The van der Waals surface area contributed by atoms with Gasteiger partial charge in [0.15, 0.2) is 0 Å². The van der Waals surface area contributed by atoms with Gasteiger partial charge in [-0.25, -0.2) is 9.97 Å². The number of fused-ring (bicyclic) bond motifs is 1. The van der Waals surface area contributed by atoms with E-state index in [1.54, 1.807) is 12.1 Å². The van der Waals surface area contributed by atoms with E-state index in [-0.39, 0.29) is 11.7 Å². The van der Waals surface area contributed by atoms with Gasteiger partial charge in [0.1, 0.15) is 5.82 Å². The van der Waals surface area contributed by atoms with Crippen molar-refractivity contribution in [1.82, 2.24) is 20.2 Å². The molecule has 6 nitrogen and oxygen atoms in total. The minimum Gasteiger partial charge on any atom is -0.368 e. The first-order chi connectivity index (χ1) is 13.4. The molecule has 0 saturated carbocycles. The maximum absolute atomic E-state index is 12.6. The lowest BCUT2D eigenvalue weighted by atomic mass is 10.1. The summed E-state index contributed by atoms with van der Waals surface area (Å²) in [6.07, 6.45) is 0. The van der Waals surface area contributed by atoms with Crippen molar-refractivity contribution < 1.29 is 4.79 Å². The maximum Gasteiger partial charge on any atom is 0.289 e. The average Bonchev–Trinajstić information content (AvgIpc) is 2.67. The first kappa shape index (κ1) is 20.0. The number of hydrogen-bond acceptors (Lipinski definition) is 5. The monoisotopic (exact) mass is 397 g/mol. The zero-order valence-corrected chi connectivity index (χ0v) is 17.0. The molecule has 0 atom stereocenters. The summed E-state index contributed by atoms with van der Waals surface area (Å²) in [5.74, 6) is 0.512. The van der Waals surface area contributed by atoms with E-state index in [0.29, 0.717) is 17.4 Å². The van der Waals surface area contributed by atoms with Crippen LogP contribution in [0.25, 0.3) is 10.9 Å². The number of likely N-dealkylation sites (N-methyl/N-ethyl adjacent to an activating group) is 1. The molecule has 2 aromatic carbocycles. The van der Waals surface area contributed by atoms with Crippen LogP contribution in [0.3, 0.4) is 0 Å². The fourth-order valence-corrected chi connectivity index (χ4v) is 2.87. The molecular weight excluding hydrogens is 374 g/mol. The number of anilines is 1. The number of amides is 1. The summed E-state index contributed by atoms with van der Waals surface area (Å²) < 4.78 is 0. The Hall–Kier alpha value is -2.70. The van der Waals surface area contributed by atoms with Crippen LogP contribution in [0.1, 0.15) is 21.7 Å². The van der Waals surface area contributed by atoms with Gasteiger partial charge < -0.3 is 15.5 Å². The van der Waals surface area contributed by atoms with Crippen LogP contribution in [0.4, 0.5) is 5.82 Å². The van der Waals surface area contributed by atoms with Crippen molar-refractivity contribution in [2.24, 2.45) is 0 Å². The lowest BCUT2D eigenvalue weighted by Gasteiger charge is -2.14. The van der Waals surface area contributed by atoms with Crippen LogP contribution >= 0.6 is 11.6 Å². The van der Waals surface area contributed by atoms with Crippen LogP contribution in [-0.4, -0.2) is 48.0 Å². The van der Waals surface area contributed by atoms with Crippen LogP contribution in [0.2, 0.25) is 5.02 Å². The van der Waals surface area contributed by atoms with Gasteiger partial charge in [0.05, 0.1) is 5.52 Å². The normalized spacial score (nSPS) is 11.0. The molecule has 0 bridgehead atoms. The van der Waals surface area contributed by atoms with Crippen molar-refractivity contribution in [3.05, 3.63) is 64.4 Å². The molecule has 7 heteroatoms. The number of carbonyl (C=O) groups excluding carboxylic acids is 1. The SMILES string of the molecule is Cc1ccc2nc(C(=O)NCc3ccc(Cl)cc3)nc(NCCN(C)C)c2c1. The number of nitrogens with zero attached hydrogens (tertiary/aromatic N) is 3. The van der Waals surface area contributed by atoms with Crippen molar-refractivity contribution in [3.63, 3.8) is 0 Å². The first-order valence-corrected chi connectivity index (χ1v) is 9.50. The van der Waals surface area contributed by atoms with E-state index >= 15 is 0 Å². The molecule has 0 spiro atoms. The van der Waals surface area contributed by atoms with Gasteiger partial charge in [-0.3, -0.25) is 4.79 Å². The second-order valence-corrected chi connectivity index (χ2v) is 7.39. The number of hydrogen-bond donors (Lipinski definition) is 2. The van der Waals surface area contributed by atoms with E-state index in [4.69, 9.17) is 11.6 Å². The second-order valence-electron chi connectivity index (χ2n) is 6.96. The Bertz CT molecular complexity index is 972. The van der Waals surface area contributed by atoms with E-state index in [1.165, 1.54) is 0 Å². The Morgan fingerprint density at radius 1 is 1.11 bits per heavy atom. The molecule has 1 aromatic heterocycles. The fourth-order valence-electron chi connectivity index (χ4n) is 2.74. The van der Waals surface area contributed by atoms with Gasteiger partial charge in [-0.2, -0.15) is 0 Å². The maximum atomic E-state index is 12.6. The van der Waals surface area contributed by atoms with Gasteiger partial charge in [0, 0.05) is 30.0 Å². The van der Waals surface area contributed by atoms with Crippen molar-refractivity contribution >= 4 is 34.2 Å². The van der Waals surface area contributed by atoms with Crippen LogP contribution in [-0.2, 0) is 6.54 Å². The van der Waals surface area contributed by atoms with E-state index < -0.39 is 0 Å². The Labute approximate surface area is 169 Å². The highest BCUT2D eigenvalue weighted by atomic mass is 35.5. The van der Waals surface area contributed by atoms with Crippen LogP contribution < -0.4 is 10.6 Å². The van der Waals surface area contributed by atoms with Crippen LogP contribution in [0.15, 0.2) is 42.5 Å². The molecule has 2 N–H and O–H groups in total. The van der Waals surface area contributed by atoms with Crippen LogP contribution in [0.5, 0.6) is 0 Å². The van der Waals surface area contributed by atoms with Crippen LogP contribution in [0, 0.1) is 6.92 Å². The topological polar surface area (TPSA) is 70.1 Å². The minimum absolute atomic E-state index is 0.151. The molecule has 3 aromatic rings. The average molecular weight is 398 g/mol. The molecule has 1 heterocycles. The molecule has 0 aliphatic carbocycles. The number of carbonyl (C=O) groups is 1. The highest BCUT2D eigenvalue weighted by molar-refractivity contribution is 6.30. The lowest BCUT2D eigenvalue weighted by molar-refractivity contribution is 0.0941. The standard InChI is InChI=1S/C21H24ClN5O/c1-14-4-9-18-17(12-14)19(23-10-11-27(2)3)26-20(25-18)21(28)24-13-15-5-7-16(22)8-6-15/h4-9,12H,10-11,13H2,1-3H3,(H,24,28)(H,23,25,26). The molecule has 0 aliphatic rings. The summed E-state index contributed by atoms with van der Waals surface area (Å²) in [6.45, 7) is 3.98. The highest BCUT2D eigenvalue weighted by Crippen LogP contribution is 2.22. The number of halogens is 1. The van der Waals surface area contributed by atoms with Gasteiger partial charge in [0.2, 0.25) is 5.82 Å². The van der Waals surface area contributed by atoms with Crippen molar-refractivity contribution in [2.75, 3.05) is 32.5 Å². The second kappa shape index (κ2) is 8.99. The molecule has 146 valence electrons. The van der Waals surface area contributed by atoms with E-state index in [9.17, 15) is 4.79 Å². The summed E-state index contributed by atoms with van der Waals surface area (Å²) >= 11 is 5.90. The quantitative estimate of drug-likeness (QED) is 0.638. The number of rotatable bonds is 7. The number of aromatic nitrogens is 2. The molecule has 1 amide bonds. The Morgan fingerprint density at radius 3 is 2.57 bits per heavy atom. The van der Waals surface area contributed by atoms with Gasteiger partial charge >= 0.3 is 0 Å². The van der Waals surface area contributed by atoms with E-state index in [0.717, 1.165) is 35.1 Å². The summed E-state index contributed by atoms with van der Waals surface area (Å²) in [7, 11) is 4.03. The molecule has 0 radical (unpaired) electrons. The summed E-state index contributed by atoms with van der Waals surface area (Å²) in [5.41, 5.74) is 2.81. The molecule has 28 heavy (non-hydrogen) atoms. The molecule has 0 unspecified atom stereocenters. The Kier molecular flexibility index (Phi) is 6.44. The zero-order chi connectivity index (χ0) is 20.1. The predicted molar refractivity (Wildman–Crippen MR) is 114 cm³/mol. The predicted octanol–water partition coefficient (Wildman–Crippen LogP) is 3.50. The Morgan fingerprint density at radius 2 is 1.86 bits per heavy atom. The number of nitrogens with one attached hydrogen (secondary N) is 2. The van der Waals surface area contributed by atoms with Crippen molar-refractivity contribution in [1.29, 1.82) is 0 Å². The molecule has 0 fully saturated rings. The third-order valence-corrected chi connectivity index (χ3v) is 4.52. The third kappa shape index (κ3) is 5.18. The van der Waals surface area contributed by atoms with Gasteiger partial charge in [-0.05, 0) is 50.8 Å². The van der Waals surface area contributed by atoms with E-state index in [1.807, 2.05) is 51.4 Å². The van der Waals surface area contributed by atoms with E-state index in [2.05, 4.69) is 25.5 Å².